The maximum Gasteiger partial charge on any atom is 0.408 e. The fourth-order valence-electron chi connectivity index (χ4n) is 1.95. The van der Waals surface area contributed by atoms with Gasteiger partial charge >= 0.3 is 6.09 Å². The molecule has 2 aromatic rings. The Morgan fingerprint density at radius 3 is 2.56 bits per heavy atom. The number of alkyl carbamates (subject to hydrolysis) is 1. The minimum Gasteiger partial charge on any atom is -0.444 e. The van der Waals surface area contributed by atoms with Gasteiger partial charge in [-0.05, 0) is 20.8 Å². The summed E-state index contributed by atoms with van der Waals surface area (Å²) in [5.74, 6) is -0.442. The molecule has 8 heteroatoms. The van der Waals surface area contributed by atoms with E-state index in [1.165, 1.54) is 11.3 Å². The molecule has 25 heavy (non-hydrogen) atoms. The summed E-state index contributed by atoms with van der Waals surface area (Å²) in [7, 11) is 0. The van der Waals surface area contributed by atoms with E-state index in [4.69, 9.17) is 10.5 Å². The van der Waals surface area contributed by atoms with Crippen LogP contribution < -0.4 is 16.4 Å². The highest BCUT2D eigenvalue weighted by atomic mass is 32.1. The Bertz CT molecular complexity index is 725. The third-order valence-electron chi connectivity index (χ3n) is 3.05. The first kappa shape index (κ1) is 18.9. The number of nitrogens with one attached hydrogen (secondary N) is 2. The van der Waals surface area contributed by atoms with E-state index >= 15 is 0 Å². The zero-order chi connectivity index (χ0) is 18.4. The number of ether oxygens (including phenoxy) is 1. The smallest absolute Gasteiger partial charge is 0.408 e. The van der Waals surface area contributed by atoms with E-state index in [1.54, 1.807) is 20.8 Å². The van der Waals surface area contributed by atoms with E-state index in [2.05, 4.69) is 15.6 Å². The number of thiazole rings is 1. The molecule has 1 atom stereocenters. The molecule has 0 saturated carbocycles. The number of hydrogen-bond donors (Lipinski definition) is 3. The highest BCUT2D eigenvalue weighted by Crippen LogP contribution is 2.24. The van der Waals surface area contributed by atoms with Gasteiger partial charge in [-0.2, -0.15) is 0 Å². The van der Waals surface area contributed by atoms with Crippen molar-refractivity contribution in [2.24, 2.45) is 5.73 Å². The lowest BCUT2D eigenvalue weighted by atomic mass is 10.2. The molecule has 0 saturated heterocycles. The van der Waals surface area contributed by atoms with Crippen LogP contribution in [0.15, 0.2) is 35.7 Å². The van der Waals surface area contributed by atoms with Crippen molar-refractivity contribution in [3.05, 3.63) is 35.7 Å². The van der Waals surface area contributed by atoms with Gasteiger partial charge in [0.25, 0.3) is 0 Å². The van der Waals surface area contributed by atoms with Gasteiger partial charge in [-0.25, -0.2) is 9.78 Å². The Labute approximate surface area is 150 Å². The number of carbonyl (C=O) groups excluding carboxylic acids is 2. The fraction of sp³-hybridized carbons (Fsp3) is 0.353. The van der Waals surface area contributed by atoms with Gasteiger partial charge in [-0.15, -0.1) is 11.3 Å². The maximum absolute atomic E-state index is 12.3. The van der Waals surface area contributed by atoms with Gasteiger partial charge in [0.05, 0.1) is 5.69 Å². The quantitative estimate of drug-likeness (QED) is 0.758. The Balaban J connectivity index is 1.98. The van der Waals surface area contributed by atoms with E-state index in [0.717, 1.165) is 11.3 Å². The van der Waals surface area contributed by atoms with Crippen LogP contribution in [0.4, 0.5) is 9.93 Å². The minimum atomic E-state index is -0.904. The van der Waals surface area contributed by atoms with Crippen molar-refractivity contribution in [2.75, 3.05) is 11.9 Å². The molecule has 2 amide bonds. The first-order valence-electron chi connectivity index (χ1n) is 7.80. The van der Waals surface area contributed by atoms with Crippen LogP contribution >= 0.6 is 11.3 Å². The topological polar surface area (TPSA) is 106 Å². The lowest BCUT2D eigenvalue weighted by molar-refractivity contribution is -0.118. The van der Waals surface area contributed by atoms with E-state index in [9.17, 15) is 9.59 Å². The first-order valence-corrected chi connectivity index (χ1v) is 8.68. The molecule has 1 unspecified atom stereocenters. The zero-order valence-electron chi connectivity index (χ0n) is 14.4. The Morgan fingerprint density at radius 2 is 1.96 bits per heavy atom. The molecule has 0 aliphatic heterocycles. The molecular weight excluding hydrogens is 340 g/mol. The second-order valence-corrected chi connectivity index (χ2v) is 7.19. The molecule has 7 nitrogen and oxygen atoms in total. The fourth-order valence-corrected chi connectivity index (χ4v) is 2.67. The van der Waals surface area contributed by atoms with Crippen LogP contribution in [0, 0.1) is 0 Å². The van der Waals surface area contributed by atoms with Crippen LogP contribution in [0.1, 0.15) is 20.8 Å². The number of nitrogens with two attached hydrogens (primary N) is 1. The molecule has 0 aliphatic carbocycles. The summed E-state index contributed by atoms with van der Waals surface area (Å²) in [6.07, 6.45) is -0.692. The summed E-state index contributed by atoms with van der Waals surface area (Å²) in [4.78, 5) is 28.5. The highest BCUT2D eigenvalue weighted by molar-refractivity contribution is 7.14. The predicted octanol–water partition coefficient (Wildman–Crippen LogP) is 2.60. The third kappa shape index (κ3) is 5.84. The van der Waals surface area contributed by atoms with Crippen molar-refractivity contribution in [3.8, 4) is 11.3 Å². The molecule has 134 valence electrons. The number of aromatic nitrogens is 1. The van der Waals surface area contributed by atoms with Crippen molar-refractivity contribution >= 4 is 28.5 Å². The molecule has 0 radical (unpaired) electrons. The van der Waals surface area contributed by atoms with Crippen LogP contribution in [0.25, 0.3) is 11.3 Å². The molecule has 4 N–H and O–H groups in total. The number of benzene rings is 1. The normalized spacial score (nSPS) is 12.3. The van der Waals surface area contributed by atoms with Gasteiger partial charge in [0, 0.05) is 17.5 Å². The van der Waals surface area contributed by atoms with Crippen molar-refractivity contribution in [1.82, 2.24) is 10.3 Å². The van der Waals surface area contributed by atoms with Crippen molar-refractivity contribution < 1.29 is 14.3 Å². The van der Waals surface area contributed by atoms with Gasteiger partial charge in [0.2, 0.25) is 5.91 Å². The standard InChI is InChI=1S/C17H22N4O3S/c1-17(2,3)24-16(23)20-12(9-18)14(22)21-15-19-13(10-25-15)11-7-5-4-6-8-11/h4-8,10,12H,9,18H2,1-3H3,(H,20,23)(H,19,21,22). The summed E-state index contributed by atoms with van der Waals surface area (Å²) in [5, 5.41) is 7.42. The number of hydrogen-bond acceptors (Lipinski definition) is 6. The zero-order valence-corrected chi connectivity index (χ0v) is 15.2. The third-order valence-corrected chi connectivity index (χ3v) is 3.80. The Hall–Kier alpha value is -2.45. The summed E-state index contributed by atoms with van der Waals surface area (Å²) in [6.45, 7) is 5.17. The molecule has 1 heterocycles. The number of amides is 2. The number of rotatable bonds is 5. The number of carbonyl (C=O) groups is 2. The molecule has 0 fully saturated rings. The summed E-state index contributed by atoms with van der Waals surface area (Å²) in [6, 6.07) is 8.73. The molecular formula is C17H22N4O3S. The second-order valence-electron chi connectivity index (χ2n) is 6.33. The van der Waals surface area contributed by atoms with Gasteiger partial charge in [0.1, 0.15) is 11.6 Å². The monoisotopic (exact) mass is 362 g/mol. The lowest BCUT2D eigenvalue weighted by Gasteiger charge is -2.22. The van der Waals surface area contributed by atoms with Crippen LogP contribution in [0.5, 0.6) is 0 Å². The van der Waals surface area contributed by atoms with E-state index in [0.29, 0.717) is 5.13 Å². The summed E-state index contributed by atoms with van der Waals surface area (Å²) in [5.41, 5.74) is 6.66. The van der Waals surface area contributed by atoms with Crippen LogP contribution in [-0.4, -0.2) is 35.2 Å². The Kier molecular flexibility index (Phi) is 6.11. The first-order chi connectivity index (χ1) is 11.8. The average Bonchev–Trinajstić information content (AvgIpc) is 3.00. The molecule has 0 aliphatic rings. The van der Waals surface area contributed by atoms with Crippen molar-refractivity contribution in [2.45, 2.75) is 32.4 Å². The van der Waals surface area contributed by atoms with Gasteiger partial charge in [-0.3, -0.25) is 4.79 Å². The number of nitrogens with zero attached hydrogens (tertiary/aromatic N) is 1. The van der Waals surface area contributed by atoms with Crippen LogP contribution in [-0.2, 0) is 9.53 Å². The average molecular weight is 362 g/mol. The summed E-state index contributed by atoms with van der Waals surface area (Å²) >= 11 is 1.30. The summed E-state index contributed by atoms with van der Waals surface area (Å²) < 4.78 is 5.13. The SMILES string of the molecule is CC(C)(C)OC(=O)NC(CN)C(=O)Nc1nc(-c2ccccc2)cs1. The van der Waals surface area contributed by atoms with Crippen molar-refractivity contribution in [3.63, 3.8) is 0 Å². The second kappa shape index (κ2) is 8.09. The molecule has 0 bridgehead atoms. The van der Waals surface area contributed by atoms with Crippen LogP contribution in [0.3, 0.4) is 0 Å². The highest BCUT2D eigenvalue weighted by Gasteiger charge is 2.24. The molecule has 1 aromatic carbocycles. The van der Waals surface area contributed by atoms with E-state index < -0.39 is 23.6 Å². The van der Waals surface area contributed by atoms with Gasteiger partial charge in [-0.1, -0.05) is 30.3 Å². The molecule has 2 rings (SSSR count). The minimum absolute atomic E-state index is 0.0536. The van der Waals surface area contributed by atoms with Gasteiger partial charge < -0.3 is 21.1 Å². The van der Waals surface area contributed by atoms with Crippen LogP contribution in [0.2, 0.25) is 0 Å². The van der Waals surface area contributed by atoms with E-state index in [-0.39, 0.29) is 6.54 Å². The van der Waals surface area contributed by atoms with E-state index in [1.807, 2.05) is 35.7 Å². The van der Waals surface area contributed by atoms with Gasteiger partial charge in [0.15, 0.2) is 5.13 Å². The Morgan fingerprint density at radius 1 is 1.28 bits per heavy atom. The largest absolute Gasteiger partial charge is 0.444 e. The number of anilines is 1. The lowest BCUT2D eigenvalue weighted by Crippen LogP contribution is -2.49. The predicted molar refractivity (Wildman–Crippen MR) is 98.4 cm³/mol. The van der Waals surface area contributed by atoms with Crippen molar-refractivity contribution in [1.29, 1.82) is 0 Å². The molecule has 1 aromatic heterocycles. The molecule has 0 spiro atoms. The maximum atomic E-state index is 12.3.